The van der Waals surface area contributed by atoms with Gasteiger partial charge in [-0.2, -0.15) is 0 Å². The van der Waals surface area contributed by atoms with Crippen LogP contribution in [0.2, 0.25) is 0 Å². The van der Waals surface area contributed by atoms with Crippen LogP contribution in [0.25, 0.3) is 0 Å². The van der Waals surface area contributed by atoms with E-state index in [1.807, 2.05) is 13.8 Å². The Labute approximate surface area is 117 Å². The largest absolute Gasteiger partial charge is 0.480 e. The van der Waals surface area contributed by atoms with Gasteiger partial charge in [0.15, 0.2) is 0 Å². The minimum Gasteiger partial charge on any atom is -0.480 e. The quantitative estimate of drug-likeness (QED) is 0.777. The second-order valence-electron chi connectivity index (χ2n) is 5.08. The number of carboxylic acid groups (broad SMARTS) is 1. The topological polar surface area (TPSA) is 78.4 Å². The summed E-state index contributed by atoms with van der Waals surface area (Å²) >= 11 is 0. The highest BCUT2D eigenvalue weighted by atomic mass is 19.1. The first kappa shape index (κ1) is 15.9. The average Bonchev–Trinajstić information content (AvgIpc) is 2.32. The summed E-state index contributed by atoms with van der Waals surface area (Å²) in [4.78, 5) is 22.8. The molecule has 110 valence electrons. The van der Waals surface area contributed by atoms with Gasteiger partial charge >= 0.3 is 12.0 Å². The van der Waals surface area contributed by atoms with Gasteiger partial charge in [-0.1, -0.05) is 13.8 Å². The lowest BCUT2D eigenvalue weighted by Gasteiger charge is -2.17. The third-order valence-corrected chi connectivity index (χ3v) is 2.73. The lowest BCUT2D eigenvalue weighted by molar-refractivity contribution is -0.139. The van der Waals surface area contributed by atoms with Crippen LogP contribution in [-0.2, 0) is 4.79 Å². The standard InChI is InChI=1S/C14H19FN2O3/c1-8(2)6-12(13(18)19)17-14(20)16-10-4-5-11(15)9(3)7-10/h4-5,7-8,12H,6H2,1-3H3,(H,18,19)(H2,16,17,20)/t12-/m1/s1. The van der Waals surface area contributed by atoms with Gasteiger partial charge in [-0.15, -0.1) is 0 Å². The Bertz CT molecular complexity index is 503. The molecule has 3 N–H and O–H groups in total. The van der Waals surface area contributed by atoms with Gasteiger partial charge in [-0.05, 0) is 43.0 Å². The summed E-state index contributed by atoms with van der Waals surface area (Å²) in [7, 11) is 0. The van der Waals surface area contributed by atoms with Gasteiger partial charge in [0.2, 0.25) is 0 Å². The van der Waals surface area contributed by atoms with Crippen molar-refractivity contribution in [1.29, 1.82) is 0 Å². The van der Waals surface area contributed by atoms with Crippen molar-refractivity contribution in [3.63, 3.8) is 0 Å². The summed E-state index contributed by atoms with van der Waals surface area (Å²) in [6, 6.07) is 2.57. The Morgan fingerprint density at radius 3 is 2.50 bits per heavy atom. The molecule has 1 rings (SSSR count). The van der Waals surface area contributed by atoms with Gasteiger partial charge in [0.1, 0.15) is 11.9 Å². The molecule has 0 aliphatic heterocycles. The van der Waals surface area contributed by atoms with Crippen LogP contribution in [-0.4, -0.2) is 23.1 Å². The third kappa shape index (κ3) is 4.87. The fourth-order valence-electron chi connectivity index (χ4n) is 1.74. The number of halogens is 1. The smallest absolute Gasteiger partial charge is 0.326 e. The summed E-state index contributed by atoms with van der Waals surface area (Å²) in [5.74, 6) is -1.30. The Balaban J connectivity index is 2.65. The van der Waals surface area contributed by atoms with E-state index < -0.39 is 18.0 Å². The molecule has 1 atom stereocenters. The van der Waals surface area contributed by atoms with Crippen LogP contribution in [0.3, 0.4) is 0 Å². The predicted octanol–water partition coefficient (Wildman–Crippen LogP) is 2.75. The number of benzene rings is 1. The highest BCUT2D eigenvalue weighted by molar-refractivity contribution is 5.92. The van der Waals surface area contributed by atoms with Crippen molar-refractivity contribution in [2.45, 2.75) is 33.2 Å². The van der Waals surface area contributed by atoms with Crippen molar-refractivity contribution in [3.8, 4) is 0 Å². The van der Waals surface area contributed by atoms with Crippen molar-refractivity contribution in [3.05, 3.63) is 29.6 Å². The fourth-order valence-corrected chi connectivity index (χ4v) is 1.74. The molecule has 0 fully saturated rings. The molecule has 6 heteroatoms. The number of urea groups is 1. The molecule has 2 amide bonds. The number of nitrogens with one attached hydrogen (secondary N) is 2. The van der Waals surface area contributed by atoms with E-state index in [1.54, 1.807) is 6.92 Å². The summed E-state index contributed by atoms with van der Waals surface area (Å²) in [5.41, 5.74) is 0.815. The van der Waals surface area contributed by atoms with Crippen LogP contribution in [0.15, 0.2) is 18.2 Å². The number of aryl methyl sites for hydroxylation is 1. The average molecular weight is 282 g/mol. The molecule has 1 aromatic carbocycles. The number of aliphatic carboxylic acids is 1. The molecule has 5 nitrogen and oxygen atoms in total. The highest BCUT2D eigenvalue weighted by Crippen LogP contribution is 2.13. The van der Waals surface area contributed by atoms with Crippen LogP contribution in [0, 0.1) is 18.7 Å². The minimum atomic E-state index is -1.08. The third-order valence-electron chi connectivity index (χ3n) is 2.73. The first-order valence-electron chi connectivity index (χ1n) is 6.36. The molecular weight excluding hydrogens is 263 g/mol. The number of carbonyl (C=O) groups is 2. The van der Waals surface area contributed by atoms with Gasteiger partial charge in [0, 0.05) is 5.69 Å². The van der Waals surface area contributed by atoms with E-state index in [1.165, 1.54) is 18.2 Å². The maximum Gasteiger partial charge on any atom is 0.326 e. The van der Waals surface area contributed by atoms with E-state index in [2.05, 4.69) is 10.6 Å². The lowest BCUT2D eigenvalue weighted by atomic mass is 10.0. The lowest BCUT2D eigenvalue weighted by Crippen LogP contribution is -2.43. The fraction of sp³-hybridized carbons (Fsp3) is 0.429. The molecule has 0 heterocycles. The minimum absolute atomic E-state index is 0.143. The summed E-state index contributed by atoms with van der Waals surface area (Å²) in [6.07, 6.45) is 0.338. The van der Waals surface area contributed by atoms with E-state index in [0.717, 1.165) is 0 Å². The first-order chi connectivity index (χ1) is 9.29. The molecule has 0 saturated heterocycles. The zero-order valence-corrected chi connectivity index (χ0v) is 11.7. The molecule has 0 saturated carbocycles. The number of rotatable bonds is 5. The van der Waals surface area contributed by atoms with Gasteiger partial charge in [-0.25, -0.2) is 14.0 Å². The van der Waals surface area contributed by atoms with E-state index in [4.69, 9.17) is 5.11 Å². The Morgan fingerprint density at radius 2 is 2.00 bits per heavy atom. The normalized spacial score (nSPS) is 12.1. The monoisotopic (exact) mass is 282 g/mol. The zero-order chi connectivity index (χ0) is 15.3. The van der Waals surface area contributed by atoms with E-state index >= 15 is 0 Å². The van der Waals surface area contributed by atoms with Crippen molar-refractivity contribution in [2.24, 2.45) is 5.92 Å². The van der Waals surface area contributed by atoms with Crippen molar-refractivity contribution < 1.29 is 19.1 Å². The molecule has 0 aliphatic carbocycles. The summed E-state index contributed by atoms with van der Waals surface area (Å²) in [6.45, 7) is 5.33. The number of carboxylic acids is 1. The summed E-state index contributed by atoms with van der Waals surface area (Å²) in [5, 5.41) is 13.9. The van der Waals surface area contributed by atoms with Crippen LogP contribution in [0.1, 0.15) is 25.8 Å². The first-order valence-corrected chi connectivity index (χ1v) is 6.36. The Kier molecular flexibility index (Phi) is 5.49. The highest BCUT2D eigenvalue weighted by Gasteiger charge is 2.21. The second kappa shape index (κ2) is 6.88. The molecule has 0 unspecified atom stereocenters. The molecule has 0 radical (unpaired) electrons. The van der Waals surface area contributed by atoms with Gasteiger partial charge in [-0.3, -0.25) is 0 Å². The van der Waals surface area contributed by atoms with Crippen molar-refractivity contribution in [1.82, 2.24) is 5.32 Å². The SMILES string of the molecule is Cc1cc(NC(=O)N[C@H](CC(C)C)C(=O)O)ccc1F. The maximum absolute atomic E-state index is 13.1. The number of amides is 2. The van der Waals surface area contributed by atoms with E-state index in [9.17, 15) is 14.0 Å². The zero-order valence-electron chi connectivity index (χ0n) is 11.7. The molecule has 0 bridgehead atoms. The van der Waals surface area contributed by atoms with Crippen molar-refractivity contribution >= 4 is 17.7 Å². The van der Waals surface area contributed by atoms with Crippen molar-refractivity contribution in [2.75, 3.05) is 5.32 Å². The number of anilines is 1. The van der Waals surface area contributed by atoms with Crippen LogP contribution in [0.5, 0.6) is 0 Å². The van der Waals surface area contributed by atoms with E-state index in [-0.39, 0.29) is 11.7 Å². The number of carbonyl (C=O) groups excluding carboxylic acids is 1. The molecule has 0 aliphatic rings. The van der Waals surface area contributed by atoms with Crippen LogP contribution >= 0.6 is 0 Å². The number of hydrogen-bond donors (Lipinski definition) is 3. The maximum atomic E-state index is 13.1. The van der Waals surface area contributed by atoms with Gasteiger partial charge in [0.05, 0.1) is 0 Å². The predicted molar refractivity (Wildman–Crippen MR) is 74.2 cm³/mol. The van der Waals surface area contributed by atoms with Gasteiger partial charge in [0.25, 0.3) is 0 Å². The summed E-state index contributed by atoms with van der Waals surface area (Å²) < 4.78 is 13.1. The van der Waals surface area contributed by atoms with Crippen LogP contribution in [0.4, 0.5) is 14.9 Å². The second-order valence-corrected chi connectivity index (χ2v) is 5.08. The van der Waals surface area contributed by atoms with Crippen LogP contribution < -0.4 is 10.6 Å². The molecule has 0 spiro atoms. The Hall–Kier alpha value is -2.11. The molecule has 0 aromatic heterocycles. The van der Waals surface area contributed by atoms with E-state index in [0.29, 0.717) is 17.7 Å². The van der Waals surface area contributed by atoms with Gasteiger partial charge < -0.3 is 15.7 Å². The molecule has 20 heavy (non-hydrogen) atoms. The molecule has 1 aromatic rings. The number of hydrogen-bond acceptors (Lipinski definition) is 2. The Morgan fingerprint density at radius 1 is 1.35 bits per heavy atom. The molecular formula is C14H19FN2O3.